The zero-order chi connectivity index (χ0) is 10.1. The predicted molar refractivity (Wildman–Crippen MR) is 54.1 cm³/mol. The fraction of sp³-hybridized carbons (Fsp3) is 0.364. The van der Waals surface area contributed by atoms with E-state index in [-0.39, 0.29) is 18.0 Å². The number of carbonyl (C=O) groups excluding carboxylic acids is 1. The molecule has 2 nitrogen and oxygen atoms in total. The fourth-order valence-electron chi connectivity index (χ4n) is 1.72. The van der Waals surface area contributed by atoms with E-state index in [1.165, 1.54) is 0 Å². The van der Waals surface area contributed by atoms with Crippen LogP contribution in [-0.2, 0) is 9.53 Å². The van der Waals surface area contributed by atoms with Gasteiger partial charge in [-0.15, -0.1) is 0 Å². The van der Waals surface area contributed by atoms with Crippen molar-refractivity contribution in [3.8, 4) is 0 Å². The van der Waals surface area contributed by atoms with E-state index in [2.05, 4.69) is 0 Å². The molecule has 3 heteroatoms. The molecular weight excluding hydrogens is 200 g/mol. The van der Waals surface area contributed by atoms with Gasteiger partial charge >= 0.3 is 5.97 Å². The minimum Gasteiger partial charge on any atom is -0.457 e. The second-order valence-electron chi connectivity index (χ2n) is 3.64. The Kier molecular flexibility index (Phi) is 2.46. The highest BCUT2D eigenvalue weighted by Crippen LogP contribution is 2.35. The molecule has 0 aliphatic carbocycles. The lowest BCUT2D eigenvalue weighted by Gasteiger charge is -2.13. The summed E-state index contributed by atoms with van der Waals surface area (Å²) >= 11 is 5.78. The standard InChI is InChI=1S/C11H11ClO2/c1-7-6-10(13)14-11(7)8-2-4-9(12)5-3-8/h2-5,7,11H,6H2,1H3/t7-,11-/m1/s1. The van der Waals surface area contributed by atoms with Gasteiger partial charge in [0.1, 0.15) is 6.10 Å². The zero-order valence-electron chi connectivity index (χ0n) is 7.87. The third-order valence-corrected chi connectivity index (χ3v) is 2.71. The van der Waals surface area contributed by atoms with Crippen LogP contribution in [0.2, 0.25) is 5.02 Å². The second kappa shape index (κ2) is 3.62. The van der Waals surface area contributed by atoms with Crippen molar-refractivity contribution < 1.29 is 9.53 Å². The molecule has 0 amide bonds. The van der Waals surface area contributed by atoms with Gasteiger partial charge in [0.05, 0.1) is 6.42 Å². The van der Waals surface area contributed by atoms with Gasteiger partial charge in [-0.1, -0.05) is 30.7 Å². The van der Waals surface area contributed by atoms with Gasteiger partial charge in [-0.25, -0.2) is 0 Å². The van der Waals surface area contributed by atoms with Crippen LogP contribution in [0.5, 0.6) is 0 Å². The minimum atomic E-state index is -0.113. The van der Waals surface area contributed by atoms with Crippen LogP contribution in [0.1, 0.15) is 25.0 Å². The van der Waals surface area contributed by atoms with Crippen LogP contribution in [0.15, 0.2) is 24.3 Å². The van der Waals surface area contributed by atoms with Gasteiger partial charge in [0.25, 0.3) is 0 Å². The van der Waals surface area contributed by atoms with Gasteiger partial charge < -0.3 is 4.74 Å². The van der Waals surface area contributed by atoms with Crippen LogP contribution in [0.4, 0.5) is 0 Å². The zero-order valence-corrected chi connectivity index (χ0v) is 8.62. The highest BCUT2D eigenvalue weighted by atomic mass is 35.5. The Labute approximate surface area is 87.8 Å². The number of halogens is 1. The molecular formula is C11H11ClO2. The van der Waals surface area contributed by atoms with Crippen LogP contribution in [0, 0.1) is 5.92 Å². The summed E-state index contributed by atoms with van der Waals surface area (Å²) in [6.45, 7) is 2.02. The number of ether oxygens (including phenoxy) is 1. The van der Waals surface area contributed by atoms with Crippen LogP contribution < -0.4 is 0 Å². The molecule has 1 aromatic rings. The molecule has 0 spiro atoms. The van der Waals surface area contributed by atoms with Crippen molar-refractivity contribution in [3.05, 3.63) is 34.9 Å². The molecule has 1 aromatic carbocycles. The van der Waals surface area contributed by atoms with Gasteiger partial charge in [0, 0.05) is 10.9 Å². The molecule has 0 bridgehead atoms. The average Bonchev–Trinajstić information content (AvgIpc) is 2.47. The van der Waals surface area contributed by atoms with E-state index >= 15 is 0 Å². The third kappa shape index (κ3) is 1.75. The molecule has 0 unspecified atom stereocenters. The number of cyclic esters (lactones) is 1. The van der Waals surface area contributed by atoms with Gasteiger partial charge in [0.15, 0.2) is 0 Å². The number of carbonyl (C=O) groups is 1. The number of benzene rings is 1. The van der Waals surface area contributed by atoms with E-state index in [9.17, 15) is 4.79 Å². The first-order chi connectivity index (χ1) is 6.66. The number of rotatable bonds is 1. The maximum absolute atomic E-state index is 11.1. The quantitative estimate of drug-likeness (QED) is 0.667. The summed E-state index contributed by atoms with van der Waals surface area (Å²) in [6, 6.07) is 7.44. The van der Waals surface area contributed by atoms with Crippen LogP contribution in [-0.4, -0.2) is 5.97 Å². The Hall–Kier alpha value is -1.02. The molecule has 0 radical (unpaired) electrons. The summed E-state index contributed by atoms with van der Waals surface area (Å²) in [7, 11) is 0. The van der Waals surface area contributed by atoms with E-state index in [0.29, 0.717) is 11.4 Å². The molecule has 1 heterocycles. The molecule has 1 fully saturated rings. The van der Waals surface area contributed by atoms with Crippen molar-refractivity contribution in [2.45, 2.75) is 19.4 Å². The van der Waals surface area contributed by atoms with Crippen molar-refractivity contribution >= 4 is 17.6 Å². The van der Waals surface area contributed by atoms with Gasteiger partial charge in [-0.3, -0.25) is 4.79 Å². The van der Waals surface area contributed by atoms with Crippen LogP contribution >= 0.6 is 11.6 Å². The summed E-state index contributed by atoms with van der Waals surface area (Å²) in [4.78, 5) is 11.1. The van der Waals surface area contributed by atoms with Gasteiger partial charge in [-0.05, 0) is 17.7 Å². The SMILES string of the molecule is C[C@@H]1CC(=O)O[C@H]1c1ccc(Cl)cc1. The maximum atomic E-state index is 11.1. The lowest BCUT2D eigenvalue weighted by Crippen LogP contribution is -2.03. The molecule has 74 valence electrons. The van der Waals surface area contributed by atoms with E-state index < -0.39 is 0 Å². The van der Waals surface area contributed by atoms with Crippen molar-refractivity contribution in [1.29, 1.82) is 0 Å². The molecule has 1 aliphatic rings. The third-order valence-electron chi connectivity index (χ3n) is 2.46. The monoisotopic (exact) mass is 210 g/mol. The summed E-state index contributed by atoms with van der Waals surface area (Å²) in [5, 5.41) is 0.700. The smallest absolute Gasteiger partial charge is 0.306 e. The Bertz CT molecular complexity index is 345. The largest absolute Gasteiger partial charge is 0.457 e. The number of esters is 1. The summed E-state index contributed by atoms with van der Waals surface area (Å²) < 4.78 is 5.22. The average molecular weight is 211 g/mol. The van der Waals surface area contributed by atoms with Crippen molar-refractivity contribution in [2.75, 3.05) is 0 Å². The molecule has 2 atom stereocenters. The highest BCUT2D eigenvalue weighted by molar-refractivity contribution is 6.30. The molecule has 1 saturated heterocycles. The molecule has 2 rings (SSSR count). The second-order valence-corrected chi connectivity index (χ2v) is 4.08. The Morgan fingerprint density at radius 3 is 2.50 bits per heavy atom. The van der Waals surface area contributed by atoms with Crippen LogP contribution in [0.25, 0.3) is 0 Å². The Morgan fingerprint density at radius 2 is 2.00 bits per heavy atom. The van der Waals surface area contributed by atoms with E-state index in [1.807, 2.05) is 31.2 Å². The predicted octanol–water partition coefficient (Wildman–Crippen LogP) is 2.96. The fourth-order valence-corrected chi connectivity index (χ4v) is 1.85. The summed E-state index contributed by atoms with van der Waals surface area (Å²) in [5.41, 5.74) is 1.02. The topological polar surface area (TPSA) is 26.3 Å². The molecule has 14 heavy (non-hydrogen) atoms. The summed E-state index contributed by atoms with van der Waals surface area (Å²) in [6.07, 6.45) is 0.410. The van der Waals surface area contributed by atoms with Crippen molar-refractivity contribution in [1.82, 2.24) is 0 Å². The normalized spacial score (nSPS) is 26.3. The lowest BCUT2D eigenvalue weighted by atomic mass is 9.97. The lowest BCUT2D eigenvalue weighted by molar-refractivity contribution is -0.141. The van der Waals surface area contributed by atoms with Gasteiger partial charge in [-0.2, -0.15) is 0 Å². The number of hydrogen-bond donors (Lipinski definition) is 0. The Morgan fingerprint density at radius 1 is 1.36 bits per heavy atom. The molecule has 0 aromatic heterocycles. The summed E-state index contributed by atoms with van der Waals surface area (Å²) in [5.74, 6) is 0.140. The first-order valence-corrected chi connectivity index (χ1v) is 4.99. The highest BCUT2D eigenvalue weighted by Gasteiger charge is 2.32. The first kappa shape index (κ1) is 9.53. The molecule has 0 saturated carbocycles. The van der Waals surface area contributed by atoms with Crippen molar-refractivity contribution in [2.24, 2.45) is 5.92 Å². The van der Waals surface area contributed by atoms with E-state index in [0.717, 1.165) is 5.56 Å². The van der Waals surface area contributed by atoms with Crippen molar-refractivity contribution in [3.63, 3.8) is 0 Å². The first-order valence-electron chi connectivity index (χ1n) is 4.62. The van der Waals surface area contributed by atoms with Gasteiger partial charge in [0.2, 0.25) is 0 Å². The molecule has 0 N–H and O–H groups in total. The van der Waals surface area contributed by atoms with E-state index in [4.69, 9.17) is 16.3 Å². The minimum absolute atomic E-state index is 0.0974. The van der Waals surface area contributed by atoms with E-state index in [1.54, 1.807) is 0 Å². The maximum Gasteiger partial charge on any atom is 0.306 e. The molecule has 1 aliphatic heterocycles. The Balaban J connectivity index is 2.23. The van der Waals surface area contributed by atoms with Crippen LogP contribution in [0.3, 0.4) is 0 Å². The number of hydrogen-bond acceptors (Lipinski definition) is 2.